The average molecular weight is 330 g/mol. The van der Waals surface area contributed by atoms with Gasteiger partial charge in [0, 0.05) is 24.1 Å². The Morgan fingerprint density at radius 3 is 2.54 bits per heavy atom. The molecule has 2 aromatic carbocycles. The number of anilines is 1. The molecule has 0 aliphatic heterocycles. The molecule has 0 fully saturated rings. The lowest BCUT2D eigenvalue weighted by molar-refractivity contribution is -0.116. The van der Waals surface area contributed by atoms with Crippen LogP contribution in [0.2, 0.25) is 0 Å². The molecule has 1 unspecified atom stereocenters. The molecule has 0 aromatic heterocycles. The predicted molar refractivity (Wildman–Crippen MR) is 89.6 cm³/mol. The van der Waals surface area contributed by atoms with E-state index < -0.39 is 5.82 Å². The van der Waals surface area contributed by atoms with Crippen LogP contribution in [0.1, 0.15) is 23.7 Å². The first kappa shape index (κ1) is 17.5. The van der Waals surface area contributed by atoms with Crippen LogP contribution in [-0.4, -0.2) is 25.0 Å². The summed E-state index contributed by atoms with van der Waals surface area (Å²) in [5.41, 5.74) is 0.912. The Balaban J connectivity index is 1.91. The minimum absolute atomic E-state index is 0.0824. The number of methoxy groups -OCH3 is 1. The minimum atomic E-state index is -0.451. The fraction of sp³-hybridized carbons (Fsp3) is 0.222. The van der Waals surface area contributed by atoms with E-state index >= 15 is 0 Å². The van der Waals surface area contributed by atoms with Crippen molar-refractivity contribution in [1.29, 1.82) is 0 Å². The van der Waals surface area contributed by atoms with Crippen LogP contribution in [0.5, 0.6) is 5.75 Å². The number of benzene rings is 2. The van der Waals surface area contributed by atoms with E-state index in [-0.39, 0.29) is 30.0 Å². The lowest BCUT2D eigenvalue weighted by atomic mass is 10.1. The normalized spacial score (nSPS) is 11.5. The zero-order valence-corrected chi connectivity index (χ0v) is 13.5. The van der Waals surface area contributed by atoms with Crippen LogP contribution in [-0.2, 0) is 4.79 Å². The number of nitrogens with one attached hydrogen (secondary N) is 2. The molecule has 24 heavy (non-hydrogen) atoms. The summed E-state index contributed by atoms with van der Waals surface area (Å²) in [5.74, 6) is -0.756. The van der Waals surface area contributed by atoms with E-state index in [4.69, 9.17) is 4.74 Å². The number of hydrogen-bond acceptors (Lipinski definition) is 3. The maximum absolute atomic E-state index is 13.1. The molecule has 2 rings (SSSR count). The third-order valence-corrected chi connectivity index (χ3v) is 3.34. The van der Waals surface area contributed by atoms with Crippen LogP contribution in [0, 0.1) is 5.82 Å². The van der Waals surface area contributed by atoms with Crippen LogP contribution in [0.3, 0.4) is 0 Å². The van der Waals surface area contributed by atoms with Crippen molar-refractivity contribution in [2.45, 2.75) is 19.4 Å². The van der Waals surface area contributed by atoms with Crippen molar-refractivity contribution in [1.82, 2.24) is 5.32 Å². The van der Waals surface area contributed by atoms with Gasteiger partial charge < -0.3 is 15.4 Å². The molecule has 0 aliphatic rings. The van der Waals surface area contributed by atoms with Gasteiger partial charge in [0.05, 0.1) is 12.8 Å². The van der Waals surface area contributed by atoms with Gasteiger partial charge in [-0.25, -0.2) is 4.39 Å². The monoisotopic (exact) mass is 330 g/mol. The third kappa shape index (κ3) is 4.81. The first-order valence-electron chi connectivity index (χ1n) is 7.49. The van der Waals surface area contributed by atoms with Crippen LogP contribution in [0.4, 0.5) is 10.1 Å². The van der Waals surface area contributed by atoms with E-state index in [9.17, 15) is 14.0 Å². The summed E-state index contributed by atoms with van der Waals surface area (Å²) in [4.78, 5) is 24.1. The van der Waals surface area contributed by atoms with Crippen LogP contribution in [0.15, 0.2) is 48.5 Å². The van der Waals surface area contributed by atoms with Crippen molar-refractivity contribution < 1.29 is 18.7 Å². The van der Waals surface area contributed by atoms with E-state index in [2.05, 4.69) is 10.6 Å². The van der Waals surface area contributed by atoms with E-state index in [1.54, 1.807) is 31.2 Å². The fourth-order valence-electron chi connectivity index (χ4n) is 2.20. The van der Waals surface area contributed by atoms with Crippen molar-refractivity contribution in [3.05, 3.63) is 59.9 Å². The molecule has 0 bridgehead atoms. The van der Waals surface area contributed by atoms with Crippen molar-refractivity contribution in [2.75, 3.05) is 12.4 Å². The molecule has 2 aromatic rings. The Morgan fingerprint density at radius 1 is 1.17 bits per heavy atom. The number of amides is 2. The van der Waals surface area contributed by atoms with E-state index in [0.29, 0.717) is 11.3 Å². The molecule has 1 atom stereocenters. The minimum Gasteiger partial charge on any atom is -0.494 e. The second-order valence-electron chi connectivity index (χ2n) is 5.34. The van der Waals surface area contributed by atoms with Crippen molar-refractivity contribution in [2.24, 2.45) is 0 Å². The molecule has 126 valence electrons. The summed E-state index contributed by atoms with van der Waals surface area (Å²) in [7, 11) is 1.40. The quantitative estimate of drug-likeness (QED) is 0.856. The molecule has 2 N–H and O–H groups in total. The molecule has 2 amide bonds. The Kier molecular flexibility index (Phi) is 5.89. The Labute approximate surface area is 139 Å². The molecular weight excluding hydrogens is 311 g/mol. The summed E-state index contributed by atoms with van der Waals surface area (Å²) >= 11 is 0. The molecule has 0 saturated heterocycles. The van der Waals surface area contributed by atoms with Crippen LogP contribution < -0.4 is 15.4 Å². The average Bonchev–Trinajstić information content (AvgIpc) is 2.57. The predicted octanol–water partition coefficient (Wildman–Crippen LogP) is 2.98. The Morgan fingerprint density at radius 2 is 1.88 bits per heavy atom. The van der Waals surface area contributed by atoms with Crippen LogP contribution in [0.25, 0.3) is 0 Å². The maximum Gasteiger partial charge on any atom is 0.251 e. The standard InChI is InChI=1S/C18H19FN2O3/c1-12(20-18(23)13-6-4-3-5-7-13)10-17(22)21-15-9-8-14(19)11-16(15)24-2/h3-9,11-12H,10H2,1-2H3,(H,20,23)(H,21,22). The molecule has 6 heteroatoms. The van der Waals surface area contributed by atoms with Gasteiger partial charge in [-0.3, -0.25) is 9.59 Å². The molecule has 0 radical (unpaired) electrons. The number of hydrogen-bond donors (Lipinski definition) is 2. The number of rotatable bonds is 6. The highest BCUT2D eigenvalue weighted by molar-refractivity contribution is 5.96. The second kappa shape index (κ2) is 8.10. The number of halogens is 1. The van der Waals surface area contributed by atoms with E-state index in [1.165, 1.54) is 25.3 Å². The number of carbonyl (C=O) groups is 2. The van der Waals surface area contributed by atoms with Crippen molar-refractivity contribution in [3.63, 3.8) is 0 Å². The van der Waals surface area contributed by atoms with Gasteiger partial charge in [0.25, 0.3) is 5.91 Å². The smallest absolute Gasteiger partial charge is 0.251 e. The van der Waals surface area contributed by atoms with Gasteiger partial charge in [-0.1, -0.05) is 18.2 Å². The van der Waals surface area contributed by atoms with E-state index in [1.807, 2.05) is 6.07 Å². The van der Waals surface area contributed by atoms with Gasteiger partial charge in [-0.15, -0.1) is 0 Å². The summed E-state index contributed by atoms with van der Waals surface area (Å²) < 4.78 is 18.2. The lowest BCUT2D eigenvalue weighted by Gasteiger charge is -2.15. The van der Waals surface area contributed by atoms with Gasteiger partial charge in [0.2, 0.25) is 5.91 Å². The summed E-state index contributed by atoms with van der Waals surface area (Å²) in [6.45, 7) is 1.74. The van der Waals surface area contributed by atoms with Gasteiger partial charge in [0.15, 0.2) is 0 Å². The molecule has 5 nitrogen and oxygen atoms in total. The summed E-state index contributed by atoms with van der Waals surface area (Å²) in [6, 6.07) is 12.3. The zero-order valence-electron chi connectivity index (χ0n) is 13.5. The fourth-order valence-corrected chi connectivity index (χ4v) is 2.20. The SMILES string of the molecule is COc1cc(F)ccc1NC(=O)CC(C)NC(=O)c1ccccc1. The zero-order chi connectivity index (χ0) is 17.5. The molecular formula is C18H19FN2O3. The Hall–Kier alpha value is -2.89. The highest BCUT2D eigenvalue weighted by Crippen LogP contribution is 2.25. The molecule has 0 spiro atoms. The highest BCUT2D eigenvalue weighted by atomic mass is 19.1. The maximum atomic E-state index is 13.1. The third-order valence-electron chi connectivity index (χ3n) is 3.34. The topological polar surface area (TPSA) is 67.4 Å². The van der Waals surface area contributed by atoms with Crippen molar-refractivity contribution in [3.8, 4) is 5.75 Å². The molecule has 0 saturated carbocycles. The van der Waals surface area contributed by atoms with Gasteiger partial charge in [-0.05, 0) is 31.2 Å². The van der Waals surface area contributed by atoms with E-state index in [0.717, 1.165) is 0 Å². The number of ether oxygens (including phenoxy) is 1. The largest absolute Gasteiger partial charge is 0.494 e. The van der Waals surface area contributed by atoms with Gasteiger partial charge in [0.1, 0.15) is 11.6 Å². The van der Waals surface area contributed by atoms with Gasteiger partial charge >= 0.3 is 0 Å². The van der Waals surface area contributed by atoms with Gasteiger partial charge in [-0.2, -0.15) is 0 Å². The summed E-state index contributed by atoms with van der Waals surface area (Å²) in [5, 5.41) is 5.41. The summed E-state index contributed by atoms with van der Waals surface area (Å²) in [6.07, 6.45) is 0.0824. The number of carbonyl (C=O) groups excluding carboxylic acids is 2. The Bertz CT molecular complexity index is 719. The highest BCUT2D eigenvalue weighted by Gasteiger charge is 2.15. The molecule has 0 heterocycles. The second-order valence-corrected chi connectivity index (χ2v) is 5.34. The molecule has 0 aliphatic carbocycles. The van der Waals surface area contributed by atoms with Crippen LogP contribution >= 0.6 is 0 Å². The van der Waals surface area contributed by atoms with Crippen molar-refractivity contribution >= 4 is 17.5 Å². The first-order chi connectivity index (χ1) is 11.5. The lowest BCUT2D eigenvalue weighted by Crippen LogP contribution is -2.35. The first-order valence-corrected chi connectivity index (χ1v) is 7.49.